The molecule has 0 amide bonds. The Morgan fingerprint density at radius 1 is 1.42 bits per heavy atom. The summed E-state index contributed by atoms with van der Waals surface area (Å²) in [5.41, 5.74) is 0. The summed E-state index contributed by atoms with van der Waals surface area (Å²) >= 11 is 0. The predicted octanol–water partition coefficient (Wildman–Crippen LogP) is 2.66. The summed E-state index contributed by atoms with van der Waals surface area (Å²) in [5.74, 6) is 0.959. The minimum absolute atomic E-state index is 0.959. The zero-order valence-corrected chi connectivity index (χ0v) is 8.97. The van der Waals surface area contributed by atoms with Crippen LogP contribution in [0.15, 0.2) is 0 Å². The lowest BCUT2D eigenvalue weighted by Gasteiger charge is -2.40. The van der Waals surface area contributed by atoms with Crippen molar-refractivity contribution in [1.82, 2.24) is 0 Å². The molecular formula is C11H24N+. The first-order valence-electron chi connectivity index (χ1n) is 5.50. The van der Waals surface area contributed by atoms with E-state index in [9.17, 15) is 0 Å². The van der Waals surface area contributed by atoms with Crippen molar-refractivity contribution in [3.8, 4) is 0 Å². The van der Waals surface area contributed by atoms with Crippen LogP contribution in [-0.4, -0.2) is 31.2 Å². The van der Waals surface area contributed by atoms with E-state index >= 15 is 0 Å². The minimum atomic E-state index is 0.959. The van der Waals surface area contributed by atoms with Gasteiger partial charge in [0.05, 0.1) is 26.7 Å². The molecule has 1 heterocycles. The second-order valence-corrected chi connectivity index (χ2v) is 4.85. The van der Waals surface area contributed by atoms with Crippen LogP contribution in [0.4, 0.5) is 0 Å². The highest BCUT2D eigenvalue weighted by atomic mass is 15.3. The van der Waals surface area contributed by atoms with Crippen molar-refractivity contribution in [2.45, 2.75) is 39.5 Å². The molecule has 1 nitrogen and oxygen atoms in total. The van der Waals surface area contributed by atoms with E-state index in [0.717, 1.165) is 5.92 Å². The molecule has 0 spiro atoms. The summed E-state index contributed by atoms with van der Waals surface area (Å²) < 4.78 is 1.34. The summed E-state index contributed by atoms with van der Waals surface area (Å²) in [5, 5.41) is 0. The zero-order valence-electron chi connectivity index (χ0n) is 8.97. The smallest absolute Gasteiger partial charge is 0.0810 e. The van der Waals surface area contributed by atoms with E-state index in [1.165, 1.54) is 49.8 Å². The zero-order chi connectivity index (χ0) is 9.03. The summed E-state index contributed by atoms with van der Waals surface area (Å²) in [4.78, 5) is 0. The Bertz CT molecular complexity index is 133. The fourth-order valence-corrected chi connectivity index (χ4v) is 2.50. The van der Waals surface area contributed by atoms with Crippen molar-refractivity contribution < 1.29 is 4.48 Å². The predicted molar refractivity (Wildman–Crippen MR) is 54.1 cm³/mol. The first-order chi connectivity index (χ1) is 5.66. The van der Waals surface area contributed by atoms with Crippen LogP contribution in [0, 0.1) is 5.92 Å². The molecule has 1 rings (SSSR count). The fourth-order valence-electron chi connectivity index (χ4n) is 2.50. The lowest BCUT2D eigenvalue weighted by Crippen LogP contribution is -2.50. The van der Waals surface area contributed by atoms with Crippen LogP contribution in [0.5, 0.6) is 0 Å². The van der Waals surface area contributed by atoms with E-state index in [1.807, 2.05) is 0 Å². The molecule has 12 heavy (non-hydrogen) atoms. The highest BCUT2D eigenvalue weighted by Gasteiger charge is 2.27. The van der Waals surface area contributed by atoms with E-state index in [0.29, 0.717) is 0 Å². The molecule has 1 saturated heterocycles. The quantitative estimate of drug-likeness (QED) is 0.571. The van der Waals surface area contributed by atoms with Gasteiger partial charge in [0, 0.05) is 5.92 Å². The van der Waals surface area contributed by atoms with Crippen molar-refractivity contribution in [2.24, 2.45) is 5.92 Å². The topological polar surface area (TPSA) is 0 Å². The first-order valence-corrected chi connectivity index (χ1v) is 5.50. The molecule has 1 fully saturated rings. The van der Waals surface area contributed by atoms with Crippen LogP contribution in [0.25, 0.3) is 0 Å². The van der Waals surface area contributed by atoms with Gasteiger partial charge < -0.3 is 4.48 Å². The van der Waals surface area contributed by atoms with Crippen molar-refractivity contribution in [3.05, 3.63) is 0 Å². The molecule has 2 atom stereocenters. The average molecular weight is 170 g/mol. The lowest BCUT2D eigenvalue weighted by molar-refractivity contribution is -0.917. The van der Waals surface area contributed by atoms with Gasteiger partial charge in [0.15, 0.2) is 0 Å². The molecule has 1 heteroatoms. The van der Waals surface area contributed by atoms with Crippen LogP contribution in [0.3, 0.4) is 0 Å². The standard InChI is InChI=1S/C11H24N/c1-4-5-8-12(3)9-6-7-11(2)10-12/h11H,4-10H2,1-3H3/q+1/t11-,12-/m1/s1. The Morgan fingerprint density at radius 2 is 2.17 bits per heavy atom. The van der Waals surface area contributed by atoms with Crippen molar-refractivity contribution in [3.63, 3.8) is 0 Å². The van der Waals surface area contributed by atoms with Crippen molar-refractivity contribution in [1.29, 1.82) is 0 Å². The van der Waals surface area contributed by atoms with Gasteiger partial charge in [-0.25, -0.2) is 0 Å². The SMILES string of the molecule is CCCC[N@+]1(C)CCC[C@@H](C)C1. The molecule has 0 aromatic heterocycles. The number of piperidine rings is 1. The van der Waals surface area contributed by atoms with Gasteiger partial charge in [-0.3, -0.25) is 0 Å². The van der Waals surface area contributed by atoms with Gasteiger partial charge in [-0.05, 0) is 19.3 Å². The van der Waals surface area contributed by atoms with Gasteiger partial charge in [-0.15, -0.1) is 0 Å². The molecule has 0 aromatic rings. The number of rotatable bonds is 3. The molecule has 72 valence electrons. The third-order valence-corrected chi connectivity index (χ3v) is 3.20. The lowest BCUT2D eigenvalue weighted by atomic mass is 9.98. The minimum Gasteiger partial charge on any atom is -0.326 e. The largest absolute Gasteiger partial charge is 0.326 e. The van der Waals surface area contributed by atoms with E-state index in [1.54, 1.807) is 0 Å². The highest BCUT2D eigenvalue weighted by molar-refractivity contribution is 4.59. The van der Waals surface area contributed by atoms with Gasteiger partial charge in [0.2, 0.25) is 0 Å². The summed E-state index contributed by atoms with van der Waals surface area (Å²) in [7, 11) is 2.44. The average Bonchev–Trinajstić information content (AvgIpc) is 2.01. The van der Waals surface area contributed by atoms with Crippen LogP contribution in [0.2, 0.25) is 0 Å². The maximum Gasteiger partial charge on any atom is 0.0810 e. The summed E-state index contributed by atoms with van der Waals surface area (Å²) in [6, 6.07) is 0. The van der Waals surface area contributed by atoms with E-state index in [-0.39, 0.29) is 0 Å². The van der Waals surface area contributed by atoms with Crippen LogP contribution in [-0.2, 0) is 0 Å². The normalized spacial score (nSPS) is 36.8. The third kappa shape index (κ3) is 2.78. The van der Waals surface area contributed by atoms with Gasteiger partial charge >= 0.3 is 0 Å². The number of nitrogens with zero attached hydrogens (tertiary/aromatic N) is 1. The van der Waals surface area contributed by atoms with E-state index < -0.39 is 0 Å². The van der Waals surface area contributed by atoms with Crippen molar-refractivity contribution >= 4 is 0 Å². The molecule has 0 aliphatic carbocycles. The Kier molecular flexibility index (Phi) is 3.57. The highest BCUT2D eigenvalue weighted by Crippen LogP contribution is 2.21. The number of hydrogen-bond donors (Lipinski definition) is 0. The second kappa shape index (κ2) is 4.27. The van der Waals surface area contributed by atoms with Gasteiger partial charge in [-0.2, -0.15) is 0 Å². The number of likely N-dealkylation sites (tertiary alicyclic amines) is 1. The molecule has 1 aliphatic rings. The van der Waals surface area contributed by atoms with Gasteiger partial charge in [-0.1, -0.05) is 20.3 Å². The Balaban J connectivity index is 2.35. The molecular weight excluding hydrogens is 146 g/mol. The van der Waals surface area contributed by atoms with Gasteiger partial charge in [0.1, 0.15) is 0 Å². The van der Waals surface area contributed by atoms with Crippen LogP contribution >= 0.6 is 0 Å². The second-order valence-electron chi connectivity index (χ2n) is 4.85. The van der Waals surface area contributed by atoms with E-state index in [2.05, 4.69) is 20.9 Å². The van der Waals surface area contributed by atoms with Gasteiger partial charge in [0.25, 0.3) is 0 Å². The molecule has 0 bridgehead atoms. The molecule has 0 radical (unpaired) electrons. The van der Waals surface area contributed by atoms with Crippen LogP contribution < -0.4 is 0 Å². The molecule has 1 aliphatic heterocycles. The summed E-state index contributed by atoms with van der Waals surface area (Å²) in [6.07, 6.45) is 5.66. The number of hydrogen-bond acceptors (Lipinski definition) is 0. The monoisotopic (exact) mass is 170 g/mol. The molecule has 0 aromatic carbocycles. The Hall–Kier alpha value is -0.0400. The first kappa shape index (κ1) is 10.0. The Morgan fingerprint density at radius 3 is 2.75 bits per heavy atom. The van der Waals surface area contributed by atoms with Crippen LogP contribution in [0.1, 0.15) is 39.5 Å². The summed E-state index contributed by atoms with van der Waals surface area (Å²) in [6.45, 7) is 8.94. The molecule has 0 unspecified atom stereocenters. The molecule has 0 N–H and O–H groups in total. The maximum atomic E-state index is 2.44. The Labute approximate surface area is 77.4 Å². The maximum absolute atomic E-state index is 2.44. The molecule has 0 saturated carbocycles. The number of unbranched alkanes of at least 4 members (excludes halogenated alkanes) is 1. The number of quaternary nitrogens is 1. The fraction of sp³-hybridized carbons (Fsp3) is 1.00. The third-order valence-electron chi connectivity index (χ3n) is 3.20. The van der Waals surface area contributed by atoms with Crippen molar-refractivity contribution in [2.75, 3.05) is 26.7 Å². The van der Waals surface area contributed by atoms with E-state index in [4.69, 9.17) is 0 Å².